The summed E-state index contributed by atoms with van der Waals surface area (Å²) in [5.74, 6) is 2.72. The van der Waals surface area contributed by atoms with Gasteiger partial charge in [-0.1, -0.05) is 79.8 Å². The number of likely N-dealkylation sites (tertiary alicyclic amines) is 1. The molecule has 0 atom stereocenters. The Kier molecular flexibility index (Phi) is 10.2. The van der Waals surface area contributed by atoms with Crippen molar-refractivity contribution >= 4 is 54.1 Å². The van der Waals surface area contributed by atoms with Gasteiger partial charge in [0.1, 0.15) is 36.8 Å². The number of benzene rings is 3. The summed E-state index contributed by atoms with van der Waals surface area (Å²) >= 11 is 6.82. The molecule has 1 amide bonds. The van der Waals surface area contributed by atoms with Crippen LogP contribution in [0.1, 0.15) is 24.0 Å². The van der Waals surface area contributed by atoms with E-state index < -0.39 is 8.07 Å². The van der Waals surface area contributed by atoms with Gasteiger partial charge in [-0.2, -0.15) is 0 Å². The van der Waals surface area contributed by atoms with E-state index in [1.54, 1.807) is 17.3 Å². The third-order valence-electron chi connectivity index (χ3n) is 8.99. The molecule has 51 heavy (non-hydrogen) atoms. The van der Waals surface area contributed by atoms with Crippen LogP contribution in [-0.4, -0.2) is 65.2 Å². The zero-order valence-electron chi connectivity index (χ0n) is 29.1. The number of amides is 1. The number of piperidine rings is 1. The molecular weight excluding hydrogens is 682 g/mol. The minimum atomic E-state index is -1.25. The van der Waals surface area contributed by atoms with Crippen molar-refractivity contribution in [3.8, 4) is 11.5 Å². The van der Waals surface area contributed by atoms with Gasteiger partial charge in [-0.05, 0) is 48.7 Å². The molecule has 2 aliphatic rings. The highest BCUT2D eigenvalue weighted by atomic mass is 35.5. The second kappa shape index (κ2) is 15.1. The molecule has 1 fully saturated rings. The molecule has 1 N–H and O–H groups in total. The summed E-state index contributed by atoms with van der Waals surface area (Å²) in [7, 11) is -1.25. The van der Waals surface area contributed by atoms with Gasteiger partial charge in [-0.25, -0.2) is 19.8 Å². The Labute approximate surface area is 303 Å². The predicted octanol–water partition coefficient (Wildman–Crippen LogP) is 8.39. The fourth-order valence-corrected chi connectivity index (χ4v) is 7.16. The molecule has 0 bridgehead atoms. The number of hydrogen-bond donors (Lipinski definition) is 1. The van der Waals surface area contributed by atoms with E-state index in [2.05, 4.69) is 30.1 Å². The molecule has 2 aromatic heterocycles. The Balaban J connectivity index is 1.15. The van der Waals surface area contributed by atoms with E-state index in [0.29, 0.717) is 61.6 Å². The average molecular weight is 724 g/mol. The first kappa shape index (κ1) is 34.5. The number of nitrogens with zero attached hydrogens (tertiary/aromatic N) is 6. The lowest BCUT2D eigenvalue weighted by Crippen LogP contribution is -2.55. The van der Waals surface area contributed by atoms with E-state index in [0.717, 1.165) is 39.8 Å². The monoisotopic (exact) mass is 723 g/mol. The van der Waals surface area contributed by atoms with Gasteiger partial charge in [0, 0.05) is 45.6 Å². The lowest BCUT2D eigenvalue weighted by molar-refractivity contribution is 0.0865. The number of aliphatic imine (C=N–C) groups is 1. The number of nitrogens with one attached hydrogen (secondary N) is 1. The highest BCUT2D eigenvalue weighted by Crippen LogP contribution is 2.37. The van der Waals surface area contributed by atoms with Crippen molar-refractivity contribution in [1.29, 1.82) is 0 Å². The SMILES string of the molecule is C[Si](C)(C)CCOCn1cc2c3c(ncnc31)N(C1CCN(C(=O)OCc3ccccc3)CC1)NC2=Nc1ccc(Oc2ccccc2)cc1Cl. The molecule has 5 aromatic rings. The quantitative estimate of drug-likeness (QED) is 0.107. The lowest BCUT2D eigenvalue weighted by atomic mass is 10.0. The van der Waals surface area contributed by atoms with Crippen LogP contribution in [0.4, 0.5) is 16.3 Å². The number of carbonyl (C=O) groups excluding carboxylic acids is 1. The van der Waals surface area contributed by atoms with E-state index in [9.17, 15) is 4.79 Å². The second-order valence-corrected chi connectivity index (χ2v) is 20.0. The molecule has 13 heteroatoms. The van der Waals surface area contributed by atoms with Gasteiger partial charge in [0.2, 0.25) is 0 Å². The van der Waals surface area contributed by atoms with Crippen LogP contribution in [0.15, 0.2) is 96.4 Å². The smallest absolute Gasteiger partial charge is 0.410 e. The number of carbonyl (C=O) groups is 1. The topological polar surface area (TPSA) is 106 Å². The van der Waals surface area contributed by atoms with Gasteiger partial charge in [0.15, 0.2) is 11.7 Å². The van der Waals surface area contributed by atoms with Gasteiger partial charge >= 0.3 is 6.09 Å². The molecule has 1 saturated heterocycles. The number of hydrazine groups is 1. The van der Waals surface area contributed by atoms with Gasteiger partial charge in [-0.3, -0.25) is 10.4 Å². The fourth-order valence-electron chi connectivity index (χ4n) is 6.19. The fraction of sp³-hybridized carbons (Fsp3) is 0.316. The average Bonchev–Trinajstić information content (AvgIpc) is 3.51. The van der Waals surface area contributed by atoms with Crippen LogP contribution in [-0.2, 0) is 22.8 Å². The Morgan fingerprint density at radius 2 is 1.73 bits per heavy atom. The Morgan fingerprint density at radius 1 is 0.980 bits per heavy atom. The summed E-state index contributed by atoms with van der Waals surface area (Å²) in [5.41, 5.74) is 6.75. The maximum absolute atomic E-state index is 13.0. The summed E-state index contributed by atoms with van der Waals surface area (Å²) < 4.78 is 19.8. The van der Waals surface area contributed by atoms with Crippen LogP contribution < -0.4 is 15.2 Å². The third kappa shape index (κ3) is 8.19. The number of halogens is 1. The summed E-state index contributed by atoms with van der Waals surface area (Å²) in [6, 6.07) is 25.9. The maximum atomic E-state index is 13.0. The van der Waals surface area contributed by atoms with Crippen molar-refractivity contribution < 1.29 is 19.0 Å². The Hall–Kier alpha value is -4.91. The van der Waals surface area contributed by atoms with Crippen LogP contribution >= 0.6 is 11.6 Å². The first-order valence-corrected chi connectivity index (χ1v) is 21.3. The van der Waals surface area contributed by atoms with Crippen molar-refractivity contribution in [2.24, 2.45) is 4.99 Å². The number of para-hydroxylation sites is 1. The van der Waals surface area contributed by atoms with E-state index in [4.69, 9.17) is 40.8 Å². The van der Waals surface area contributed by atoms with Crippen LogP contribution in [0.3, 0.4) is 0 Å². The maximum Gasteiger partial charge on any atom is 0.410 e. The molecule has 264 valence electrons. The zero-order chi connectivity index (χ0) is 35.4. The molecule has 0 unspecified atom stereocenters. The zero-order valence-corrected chi connectivity index (χ0v) is 30.8. The second-order valence-electron chi connectivity index (χ2n) is 14.0. The van der Waals surface area contributed by atoms with Crippen molar-refractivity contribution in [2.75, 3.05) is 24.7 Å². The number of hydrogen-bond acceptors (Lipinski definition) is 8. The largest absolute Gasteiger partial charge is 0.457 e. The molecule has 7 rings (SSSR count). The predicted molar refractivity (Wildman–Crippen MR) is 203 cm³/mol. The number of amidine groups is 1. The minimum Gasteiger partial charge on any atom is -0.457 e. The molecule has 0 spiro atoms. The highest BCUT2D eigenvalue weighted by Gasteiger charge is 2.35. The normalized spacial score (nSPS) is 15.6. The highest BCUT2D eigenvalue weighted by molar-refractivity contribution is 6.76. The molecule has 3 aromatic carbocycles. The third-order valence-corrected chi connectivity index (χ3v) is 11.0. The molecule has 4 heterocycles. The van der Waals surface area contributed by atoms with Crippen molar-refractivity contribution in [3.63, 3.8) is 0 Å². The summed E-state index contributed by atoms with van der Waals surface area (Å²) in [6.45, 7) is 9.41. The number of ether oxygens (including phenoxy) is 3. The van der Waals surface area contributed by atoms with E-state index >= 15 is 0 Å². The standard InChI is InChI=1S/C38H42ClN7O4Si/c1-51(2,3)21-20-48-26-45-23-31-34-36(45)40-25-41-37(34)46(28-16-18-44(19-17-28)38(47)49-24-27-10-6-4-7-11-27)43-35(31)42-33-15-14-30(22-32(33)39)50-29-12-8-5-9-13-29/h4-15,22-23,25,28H,16-21,24,26H2,1-3H3,(H,42,43). The van der Waals surface area contributed by atoms with E-state index in [-0.39, 0.29) is 18.7 Å². The van der Waals surface area contributed by atoms with Crippen molar-refractivity contribution in [3.05, 3.63) is 108 Å². The lowest BCUT2D eigenvalue weighted by Gasteiger charge is -2.40. The van der Waals surface area contributed by atoms with Gasteiger partial charge in [-0.15, -0.1) is 0 Å². The van der Waals surface area contributed by atoms with Crippen LogP contribution in [0.25, 0.3) is 11.0 Å². The van der Waals surface area contributed by atoms with Crippen molar-refractivity contribution in [1.82, 2.24) is 24.9 Å². The van der Waals surface area contributed by atoms with Crippen LogP contribution in [0.2, 0.25) is 30.7 Å². The minimum absolute atomic E-state index is 0.0214. The Bertz CT molecular complexity index is 2010. The summed E-state index contributed by atoms with van der Waals surface area (Å²) in [5, 5.41) is 3.40. The van der Waals surface area contributed by atoms with Crippen LogP contribution in [0.5, 0.6) is 11.5 Å². The van der Waals surface area contributed by atoms with Gasteiger partial charge in [0.05, 0.1) is 22.1 Å². The first-order valence-electron chi connectivity index (χ1n) is 17.3. The number of rotatable bonds is 11. The number of anilines is 1. The van der Waals surface area contributed by atoms with Crippen molar-refractivity contribution in [2.45, 2.75) is 57.9 Å². The molecular formula is C38H42ClN7O4Si. The summed E-state index contributed by atoms with van der Waals surface area (Å²) in [6.07, 6.45) is 4.71. The van der Waals surface area contributed by atoms with Gasteiger partial charge in [0.25, 0.3) is 0 Å². The molecule has 0 aliphatic carbocycles. The molecule has 0 radical (unpaired) electrons. The summed E-state index contributed by atoms with van der Waals surface area (Å²) in [4.78, 5) is 29.2. The first-order chi connectivity index (χ1) is 24.7. The molecule has 0 saturated carbocycles. The Morgan fingerprint density at radius 3 is 2.45 bits per heavy atom. The number of aromatic nitrogens is 3. The molecule has 11 nitrogen and oxygen atoms in total. The van der Waals surface area contributed by atoms with E-state index in [1.165, 1.54) is 0 Å². The van der Waals surface area contributed by atoms with Crippen LogP contribution in [0, 0.1) is 0 Å². The van der Waals surface area contributed by atoms with Gasteiger partial charge < -0.3 is 23.7 Å². The van der Waals surface area contributed by atoms with E-state index in [1.807, 2.05) is 83.6 Å². The molecule has 2 aliphatic heterocycles.